The lowest BCUT2D eigenvalue weighted by atomic mass is 10.1. The summed E-state index contributed by atoms with van der Waals surface area (Å²) in [7, 11) is 3.60. The monoisotopic (exact) mass is 463 g/mol. The first-order chi connectivity index (χ1) is 16.0. The summed E-state index contributed by atoms with van der Waals surface area (Å²) in [6.07, 6.45) is 0. The third kappa shape index (κ3) is 4.29. The summed E-state index contributed by atoms with van der Waals surface area (Å²) >= 11 is 6.28. The first-order valence-corrected chi connectivity index (χ1v) is 11.0. The summed E-state index contributed by atoms with van der Waals surface area (Å²) in [5.74, 6) is 0.213. The lowest BCUT2D eigenvalue weighted by Crippen LogP contribution is -2.13. The van der Waals surface area contributed by atoms with Gasteiger partial charge in [-0.2, -0.15) is 10.1 Å². The number of anilines is 2. The zero-order chi connectivity index (χ0) is 22.9. The van der Waals surface area contributed by atoms with Crippen molar-refractivity contribution in [2.45, 2.75) is 19.6 Å². The fourth-order valence-electron chi connectivity index (χ4n) is 4.19. The van der Waals surface area contributed by atoms with Crippen LogP contribution in [-0.4, -0.2) is 33.8 Å². The number of hydrogen-bond donors (Lipinski definition) is 1. The van der Waals surface area contributed by atoms with Crippen LogP contribution in [0.15, 0.2) is 60.7 Å². The first kappa shape index (κ1) is 21.4. The first-order valence-electron chi connectivity index (χ1n) is 10.6. The fraction of sp³-hybridized carbons (Fsp3) is 0.200. The summed E-state index contributed by atoms with van der Waals surface area (Å²) in [6, 6.07) is 18.4. The molecule has 0 atom stereocenters. The van der Waals surface area contributed by atoms with E-state index in [-0.39, 0.29) is 5.82 Å². The van der Waals surface area contributed by atoms with Gasteiger partial charge in [-0.25, -0.2) is 4.39 Å². The van der Waals surface area contributed by atoms with Gasteiger partial charge in [0.1, 0.15) is 5.82 Å². The Morgan fingerprint density at radius 1 is 1.09 bits per heavy atom. The third-order valence-electron chi connectivity index (χ3n) is 5.68. The van der Waals surface area contributed by atoms with Crippen LogP contribution < -0.4 is 10.1 Å². The molecule has 0 aliphatic carbocycles. The average Bonchev–Trinajstić information content (AvgIpc) is 3.31. The van der Waals surface area contributed by atoms with Gasteiger partial charge in [0.15, 0.2) is 5.15 Å². The van der Waals surface area contributed by atoms with Crippen molar-refractivity contribution in [1.29, 1.82) is 0 Å². The number of halogens is 2. The number of rotatable bonds is 6. The molecule has 0 bridgehead atoms. The van der Waals surface area contributed by atoms with Gasteiger partial charge in [-0.05, 0) is 42.9 Å². The Kier molecular flexibility index (Phi) is 5.74. The molecule has 6 nitrogen and oxygen atoms in total. The summed E-state index contributed by atoms with van der Waals surface area (Å²) in [6.45, 7) is 2.03. The quantitative estimate of drug-likeness (QED) is 0.383. The predicted molar refractivity (Wildman–Crippen MR) is 127 cm³/mol. The molecule has 2 aromatic carbocycles. The Morgan fingerprint density at radius 2 is 1.94 bits per heavy atom. The second kappa shape index (κ2) is 8.84. The maximum atomic E-state index is 14.7. The molecule has 0 saturated heterocycles. The molecule has 0 saturated carbocycles. The molecule has 33 heavy (non-hydrogen) atoms. The SMILES string of the molecule is COc1ccc(Nc2cccc(Cn3nc4c(c3-c3ccccc3F)CN(C)C4)c2)c(Cl)n1. The number of nitrogens with one attached hydrogen (secondary N) is 1. The van der Waals surface area contributed by atoms with E-state index in [0.29, 0.717) is 28.8 Å². The number of benzene rings is 2. The second-order valence-electron chi connectivity index (χ2n) is 8.10. The minimum absolute atomic E-state index is 0.243. The summed E-state index contributed by atoms with van der Waals surface area (Å²) in [4.78, 5) is 6.38. The van der Waals surface area contributed by atoms with Gasteiger partial charge in [-0.1, -0.05) is 35.9 Å². The third-order valence-corrected chi connectivity index (χ3v) is 5.97. The van der Waals surface area contributed by atoms with Gasteiger partial charge in [0.25, 0.3) is 0 Å². The maximum absolute atomic E-state index is 14.7. The van der Waals surface area contributed by atoms with Crippen LogP contribution >= 0.6 is 11.6 Å². The molecule has 1 aliphatic rings. The van der Waals surface area contributed by atoms with Gasteiger partial charge in [0.05, 0.1) is 30.7 Å². The summed E-state index contributed by atoms with van der Waals surface area (Å²) in [5, 5.41) is 8.48. The van der Waals surface area contributed by atoms with E-state index in [1.165, 1.54) is 6.07 Å². The van der Waals surface area contributed by atoms with Gasteiger partial charge in [0.2, 0.25) is 5.88 Å². The van der Waals surface area contributed by atoms with Crippen molar-refractivity contribution in [1.82, 2.24) is 19.7 Å². The summed E-state index contributed by atoms with van der Waals surface area (Å²) in [5.41, 5.74) is 6.09. The highest BCUT2D eigenvalue weighted by atomic mass is 35.5. The Hall–Kier alpha value is -3.42. The van der Waals surface area contributed by atoms with Crippen LogP contribution in [0.2, 0.25) is 5.15 Å². The van der Waals surface area contributed by atoms with Crippen LogP contribution in [0.4, 0.5) is 15.8 Å². The average molecular weight is 464 g/mol. The van der Waals surface area contributed by atoms with Crippen molar-refractivity contribution in [2.75, 3.05) is 19.5 Å². The van der Waals surface area contributed by atoms with Gasteiger partial charge in [-0.15, -0.1) is 0 Å². The van der Waals surface area contributed by atoms with E-state index in [1.54, 1.807) is 19.2 Å². The van der Waals surface area contributed by atoms with Gasteiger partial charge in [0, 0.05) is 36.0 Å². The van der Waals surface area contributed by atoms with E-state index in [9.17, 15) is 4.39 Å². The standard InChI is InChI=1S/C25H23ClFN5O/c1-31-14-19-22(15-31)30-32(24(19)18-8-3-4-9-20(18)27)13-16-6-5-7-17(12-16)28-21-10-11-23(33-2)29-25(21)26/h3-12,28H,13-15H2,1-2H3. The molecule has 1 aliphatic heterocycles. The maximum Gasteiger partial charge on any atom is 0.214 e. The predicted octanol–water partition coefficient (Wildman–Crippen LogP) is 5.48. The van der Waals surface area contributed by atoms with E-state index < -0.39 is 0 Å². The van der Waals surface area contributed by atoms with Crippen LogP contribution in [0.5, 0.6) is 5.88 Å². The van der Waals surface area contributed by atoms with Gasteiger partial charge < -0.3 is 10.1 Å². The number of fused-ring (bicyclic) bond motifs is 1. The minimum atomic E-state index is -0.243. The molecule has 5 rings (SSSR count). The fourth-order valence-corrected chi connectivity index (χ4v) is 4.39. The van der Waals surface area contributed by atoms with Crippen molar-refractivity contribution in [3.05, 3.63) is 88.5 Å². The molecule has 0 spiro atoms. The van der Waals surface area contributed by atoms with Crippen molar-refractivity contribution in [3.8, 4) is 17.1 Å². The molecule has 168 valence electrons. The van der Waals surface area contributed by atoms with Crippen LogP contribution in [0.25, 0.3) is 11.3 Å². The molecule has 0 amide bonds. The van der Waals surface area contributed by atoms with Crippen LogP contribution in [0.3, 0.4) is 0 Å². The smallest absolute Gasteiger partial charge is 0.214 e. The Morgan fingerprint density at radius 3 is 2.73 bits per heavy atom. The van der Waals surface area contributed by atoms with E-state index in [4.69, 9.17) is 21.4 Å². The van der Waals surface area contributed by atoms with Crippen molar-refractivity contribution in [3.63, 3.8) is 0 Å². The van der Waals surface area contributed by atoms with Gasteiger partial charge >= 0.3 is 0 Å². The number of methoxy groups -OCH3 is 1. The molecule has 2 aromatic heterocycles. The van der Waals surface area contributed by atoms with Crippen molar-refractivity contribution in [2.24, 2.45) is 0 Å². The van der Waals surface area contributed by atoms with E-state index in [2.05, 4.69) is 15.2 Å². The molecule has 8 heteroatoms. The molecule has 0 radical (unpaired) electrons. The topological polar surface area (TPSA) is 55.2 Å². The highest BCUT2D eigenvalue weighted by Crippen LogP contribution is 2.34. The number of aromatic nitrogens is 3. The molecule has 4 aromatic rings. The number of ether oxygens (including phenoxy) is 1. The normalized spacial score (nSPS) is 13.2. The van der Waals surface area contributed by atoms with Gasteiger partial charge in [-0.3, -0.25) is 9.58 Å². The Bertz CT molecular complexity index is 1320. The van der Waals surface area contributed by atoms with Crippen molar-refractivity contribution < 1.29 is 9.13 Å². The van der Waals surface area contributed by atoms with Crippen molar-refractivity contribution >= 4 is 23.0 Å². The lowest BCUT2D eigenvalue weighted by Gasteiger charge is -2.14. The molecule has 1 N–H and O–H groups in total. The molecular weight excluding hydrogens is 441 g/mol. The van der Waals surface area contributed by atoms with E-state index in [1.807, 2.05) is 54.2 Å². The Labute approximate surface area is 196 Å². The Balaban J connectivity index is 1.46. The highest BCUT2D eigenvalue weighted by molar-refractivity contribution is 6.32. The molecule has 0 fully saturated rings. The van der Waals surface area contributed by atoms with Crippen LogP contribution in [-0.2, 0) is 19.6 Å². The number of pyridine rings is 1. The molecule has 3 heterocycles. The largest absolute Gasteiger partial charge is 0.481 e. The highest BCUT2D eigenvalue weighted by Gasteiger charge is 2.27. The molecule has 0 unspecified atom stereocenters. The van der Waals surface area contributed by atoms with E-state index in [0.717, 1.165) is 41.3 Å². The zero-order valence-corrected chi connectivity index (χ0v) is 19.1. The number of nitrogens with zero attached hydrogens (tertiary/aromatic N) is 4. The van der Waals surface area contributed by atoms with Crippen LogP contribution in [0.1, 0.15) is 16.8 Å². The number of hydrogen-bond acceptors (Lipinski definition) is 5. The van der Waals surface area contributed by atoms with E-state index >= 15 is 0 Å². The minimum Gasteiger partial charge on any atom is -0.481 e. The van der Waals surface area contributed by atoms with Crippen LogP contribution in [0, 0.1) is 5.82 Å². The molecular formula is C25H23ClFN5O. The second-order valence-corrected chi connectivity index (χ2v) is 8.46. The summed E-state index contributed by atoms with van der Waals surface area (Å²) < 4.78 is 21.8. The zero-order valence-electron chi connectivity index (χ0n) is 18.3. The lowest BCUT2D eigenvalue weighted by molar-refractivity contribution is 0.346.